The Morgan fingerprint density at radius 1 is 1.05 bits per heavy atom. The molecule has 0 atom stereocenters. The second kappa shape index (κ2) is 8.71. The maximum absolute atomic E-state index is 11.7. The van der Waals surface area contributed by atoms with Gasteiger partial charge < -0.3 is 20.1 Å². The minimum Gasteiger partial charge on any atom is -0.444 e. The fourth-order valence-electron chi connectivity index (χ4n) is 1.13. The van der Waals surface area contributed by atoms with Crippen molar-refractivity contribution in [2.24, 2.45) is 0 Å². The third-order valence-electron chi connectivity index (χ3n) is 1.85. The number of hydrogen-bond acceptors (Lipinski definition) is 4. The molecule has 0 saturated heterocycles. The molecule has 0 aromatic heterocycles. The summed E-state index contributed by atoms with van der Waals surface area (Å²) in [6.45, 7) is 3.60. The van der Waals surface area contributed by atoms with E-state index in [0.717, 1.165) is 0 Å². The smallest absolute Gasteiger partial charge is 0.411 e. The van der Waals surface area contributed by atoms with Crippen molar-refractivity contribution in [2.75, 3.05) is 26.3 Å². The van der Waals surface area contributed by atoms with Crippen molar-refractivity contribution in [3.63, 3.8) is 0 Å². The molecule has 124 valence electrons. The van der Waals surface area contributed by atoms with E-state index in [9.17, 15) is 22.8 Å². The van der Waals surface area contributed by atoms with Gasteiger partial charge in [-0.3, -0.25) is 4.79 Å². The number of alkyl halides is 3. The standard InChI is InChI=1S/C12H21F3N2O4/c1-11(2,3)21-10(19)17-5-4-9(18)16-6-7-20-8-12(13,14)15/h4-8H2,1-3H3,(H,16,18)(H,17,19). The van der Waals surface area contributed by atoms with Crippen LogP contribution < -0.4 is 10.6 Å². The van der Waals surface area contributed by atoms with Gasteiger partial charge in [0.05, 0.1) is 6.61 Å². The molecule has 6 nitrogen and oxygen atoms in total. The van der Waals surface area contributed by atoms with Crippen LogP contribution in [0.2, 0.25) is 0 Å². The third-order valence-corrected chi connectivity index (χ3v) is 1.85. The lowest BCUT2D eigenvalue weighted by atomic mass is 10.2. The van der Waals surface area contributed by atoms with Gasteiger partial charge in [0.25, 0.3) is 0 Å². The Morgan fingerprint density at radius 2 is 1.67 bits per heavy atom. The summed E-state index contributed by atoms with van der Waals surface area (Å²) >= 11 is 0. The van der Waals surface area contributed by atoms with E-state index in [0.29, 0.717) is 0 Å². The van der Waals surface area contributed by atoms with Crippen molar-refractivity contribution in [3.05, 3.63) is 0 Å². The number of hydrogen-bond donors (Lipinski definition) is 2. The van der Waals surface area contributed by atoms with Gasteiger partial charge in [0.15, 0.2) is 0 Å². The molecule has 0 spiro atoms. The van der Waals surface area contributed by atoms with E-state index in [2.05, 4.69) is 15.4 Å². The van der Waals surface area contributed by atoms with Crippen LogP contribution in [-0.2, 0) is 14.3 Å². The van der Waals surface area contributed by atoms with Crippen LogP contribution in [0.1, 0.15) is 27.2 Å². The zero-order valence-electron chi connectivity index (χ0n) is 12.3. The van der Waals surface area contributed by atoms with E-state index >= 15 is 0 Å². The van der Waals surface area contributed by atoms with Gasteiger partial charge in [-0.05, 0) is 20.8 Å². The molecule has 2 N–H and O–H groups in total. The van der Waals surface area contributed by atoms with E-state index in [1.165, 1.54) is 0 Å². The molecule has 9 heteroatoms. The van der Waals surface area contributed by atoms with Crippen LogP contribution in [0.25, 0.3) is 0 Å². The summed E-state index contributed by atoms with van der Waals surface area (Å²) in [5, 5.41) is 4.76. The van der Waals surface area contributed by atoms with Crippen molar-refractivity contribution in [2.45, 2.75) is 39.0 Å². The Bertz CT molecular complexity index is 340. The first-order valence-electron chi connectivity index (χ1n) is 6.38. The number of carbonyl (C=O) groups excluding carboxylic acids is 2. The van der Waals surface area contributed by atoms with Gasteiger partial charge in [0.1, 0.15) is 12.2 Å². The maximum Gasteiger partial charge on any atom is 0.411 e. The van der Waals surface area contributed by atoms with E-state index < -0.39 is 30.4 Å². The molecule has 0 aliphatic heterocycles. The van der Waals surface area contributed by atoms with Crippen molar-refractivity contribution < 1.29 is 32.2 Å². The number of alkyl carbamates (subject to hydrolysis) is 1. The first kappa shape index (κ1) is 19.5. The summed E-state index contributed by atoms with van der Waals surface area (Å²) < 4.78 is 44.5. The van der Waals surface area contributed by atoms with Gasteiger partial charge in [-0.2, -0.15) is 13.2 Å². The minimum absolute atomic E-state index is 0.00147. The van der Waals surface area contributed by atoms with Crippen LogP contribution in [-0.4, -0.2) is 50.1 Å². The highest BCUT2D eigenvalue weighted by atomic mass is 19.4. The Morgan fingerprint density at radius 3 is 2.19 bits per heavy atom. The molecular weight excluding hydrogens is 293 g/mol. The SMILES string of the molecule is CC(C)(C)OC(=O)NCCC(=O)NCCOCC(F)(F)F. The fourth-order valence-corrected chi connectivity index (χ4v) is 1.13. The van der Waals surface area contributed by atoms with Crippen molar-refractivity contribution in [1.82, 2.24) is 10.6 Å². The summed E-state index contributed by atoms with van der Waals surface area (Å²) in [5.41, 5.74) is -0.623. The predicted octanol–water partition coefficient (Wildman–Crippen LogP) is 1.60. The van der Waals surface area contributed by atoms with Crippen LogP contribution in [0.4, 0.5) is 18.0 Å². The molecule has 0 fully saturated rings. The molecule has 0 saturated carbocycles. The summed E-state index contributed by atoms with van der Waals surface area (Å²) in [4.78, 5) is 22.5. The topological polar surface area (TPSA) is 76.7 Å². The van der Waals surface area contributed by atoms with Gasteiger partial charge in [0, 0.05) is 19.5 Å². The van der Waals surface area contributed by atoms with Crippen LogP contribution in [0.15, 0.2) is 0 Å². The largest absolute Gasteiger partial charge is 0.444 e. The molecule has 0 aromatic rings. The summed E-state index contributed by atoms with van der Waals surface area (Å²) in [5.74, 6) is -0.401. The molecule has 21 heavy (non-hydrogen) atoms. The quantitative estimate of drug-likeness (QED) is 0.700. The first-order valence-corrected chi connectivity index (χ1v) is 6.38. The number of nitrogens with one attached hydrogen (secondary N) is 2. The van der Waals surface area contributed by atoms with Crippen LogP contribution in [0.3, 0.4) is 0 Å². The Labute approximate surface area is 121 Å². The van der Waals surface area contributed by atoms with Crippen molar-refractivity contribution >= 4 is 12.0 Å². The normalized spacial score (nSPS) is 11.9. The fraction of sp³-hybridized carbons (Fsp3) is 0.833. The number of rotatable bonds is 7. The Kier molecular flexibility index (Phi) is 8.08. The van der Waals surface area contributed by atoms with Gasteiger partial charge >= 0.3 is 12.3 Å². The molecule has 0 aliphatic carbocycles. The number of carbonyl (C=O) groups is 2. The maximum atomic E-state index is 11.7. The van der Waals surface area contributed by atoms with E-state index in [4.69, 9.17) is 4.74 Å². The second-order valence-corrected chi connectivity index (χ2v) is 5.20. The molecule has 0 aliphatic rings. The molecule has 0 radical (unpaired) electrons. The zero-order chi connectivity index (χ0) is 16.5. The minimum atomic E-state index is -4.37. The van der Waals surface area contributed by atoms with E-state index in [1.807, 2.05) is 0 Å². The number of halogens is 3. The molecule has 0 aromatic carbocycles. The molecular formula is C12H21F3N2O4. The van der Waals surface area contributed by atoms with Gasteiger partial charge in [0.2, 0.25) is 5.91 Å². The lowest BCUT2D eigenvalue weighted by Crippen LogP contribution is -2.35. The van der Waals surface area contributed by atoms with E-state index in [1.54, 1.807) is 20.8 Å². The predicted molar refractivity (Wildman–Crippen MR) is 68.7 cm³/mol. The van der Waals surface area contributed by atoms with Crippen LogP contribution >= 0.6 is 0 Å². The summed E-state index contributed by atoms with van der Waals surface area (Å²) in [6, 6.07) is 0. The van der Waals surface area contributed by atoms with E-state index in [-0.39, 0.29) is 26.1 Å². The zero-order valence-corrected chi connectivity index (χ0v) is 12.3. The average Bonchev–Trinajstić information content (AvgIpc) is 2.24. The molecule has 0 rings (SSSR count). The number of amides is 2. The Balaban J connectivity index is 3.57. The lowest BCUT2D eigenvalue weighted by molar-refractivity contribution is -0.173. The number of ether oxygens (including phenoxy) is 2. The molecule has 0 unspecified atom stereocenters. The summed E-state index contributed by atoms with van der Waals surface area (Å²) in [7, 11) is 0. The van der Waals surface area contributed by atoms with Crippen molar-refractivity contribution in [3.8, 4) is 0 Å². The molecule has 0 bridgehead atoms. The van der Waals surface area contributed by atoms with Crippen LogP contribution in [0.5, 0.6) is 0 Å². The van der Waals surface area contributed by atoms with Crippen molar-refractivity contribution in [1.29, 1.82) is 0 Å². The Hall–Kier alpha value is -1.51. The molecule has 0 heterocycles. The van der Waals surface area contributed by atoms with Gasteiger partial charge in [-0.25, -0.2) is 4.79 Å². The monoisotopic (exact) mass is 314 g/mol. The highest BCUT2D eigenvalue weighted by Gasteiger charge is 2.27. The lowest BCUT2D eigenvalue weighted by Gasteiger charge is -2.19. The highest BCUT2D eigenvalue weighted by molar-refractivity contribution is 5.76. The highest BCUT2D eigenvalue weighted by Crippen LogP contribution is 2.13. The third kappa shape index (κ3) is 14.7. The van der Waals surface area contributed by atoms with Gasteiger partial charge in [-0.15, -0.1) is 0 Å². The van der Waals surface area contributed by atoms with Crippen LogP contribution in [0, 0.1) is 0 Å². The average molecular weight is 314 g/mol. The van der Waals surface area contributed by atoms with Gasteiger partial charge in [-0.1, -0.05) is 0 Å². The second-order valence-electron chi connectivity index (χ2n) is 5.20. The summed E-state index contributed by atoms with van der Waals surface area (Å²) in [6.07, 6.45) is -5.01. The molecule has 2 amide bonds. The first-order chi connectivity index (χ1) is 9.49.